The first-order valence-corrected chi connectivity index (χ1v) is 9.03. The van der Waals surface area contributed by atoms with Crippen molar-refractivity contribution < 1.29 is 4.39 Å². The molecule has 0 spiro atoms. The second kappa shape index (κ2) is 6.83. The molecule has 0 unspecified atom stereocenters. The van der Waals surface area contributed by atoms with Crippen molar-refractivity contribution in [1.82, 2.24) is 9.78 Å². The van der Waals surface area contributed by atoms with Gasteiger partial charge in [0.05, 0.1) is 5.69 Å². The maximum absolute atomic E-state index is 14.4. The summed E-state index contributed by atoms with van der Waals surface area (Å²) in [5.74, 6) is 0.651. The standard InChI is InChI=1S/C21H23FN4/c1-25(2)16-12-10-15(11-13-16)20-17-7-5-6-14-23-21(17)26(24-20)19-9-4-3-8-18(19)22/h3-4,8-13,23H,5-7,14H2,1-2H3. The Kier molecular flexibility index (Phi) is 4.37. The molecule has 2 heterocycles. The monoisotopic (exact) mass is 350 g/mol. The number of aromatic nitrogens is 2. The molecular formula is C21H23FN4. The summed E-state index contributed by atoms with van der Waals surface area (Å²) in [5, 5.41) is 8.27. The first kappa shape index (κ1) is 16.6. The Hall–Kier alpha value is -2.82. The van der Waals surface area contributed by atoms with Gasteiger partial charge < -0.3 is 10.2 Å². The molecule has 0 radical (unpaired) electrons. The van der Waals surface area contributed by atoms with Gasteiger partial charge in [0.25, 0.3) is 0 Å². The van der Waals surface area contributed by atoms with E-state index in [0.717, 1.165) is 48.6 Å². The van der Waals surface area contributed by atoms with Gasteiger partial charge in [-0.05, 0) is 43.5 Å². The van der Waals surface area contributed by atoms with Crippen molar-refractivity contribution >= 4 is 11.5 Å². The summed E-state index contributed by atoms with van der Waals surface area (Å²) in [6.07, 6.45) is 3.15. The minimum absolute atomic E-state index is 0.265. The van der Waals surface area contributed by atoms with Crippen molar-refractivity contribution in [2.45, 2.75) is 19.3 Å². The van der Waals surface area contributed by atoms with E-state index in [1.807, 2.05) is 20.2 Å². The Labute approximate surface area is 153 Å². The lowest BCUT2D eigenvalue weighted by Gasteiger charge is -2.12. The van der Waals surface area contributed by atoms with Crippen LogP contribution >= 0.6 is 0 Å². The number of hydrogen-bond acceptors (Lipinski definition) is 3. The molecule has 0 aliphatic carbocycles. The molecule has 4 nitrogen and oxygen atoms in total. The third-order valence-electron chi connectivity index (χ3n) is 4.87. The normalized spacial score (nSPS) is 13.7. The predicted molar refractivity (Wildman–Crippen MR) is 105 cm³/mol. The number of nitrogens with zero attached hydrogens (tertiary/aromatic N) is 3. The van der Waals surface area contributed by atoms with E-state index in [4.69, 9.17) is 5.10 Å². The molecule has 4 rings (SSSR count). The summed E-state index contributed by atoms with van der Waals surface area (Å²) in [5.41, 5.74) is 4.79. The summed E-state index contributed by atoms with van der Waals surface area (Å²) in [6, 6.07) is 15.2. The van der Waals surface area contributed by atoms with E-state index >= 15 is 0 Å². The zero-order chi connectivity index (χ0) is 18.1. The number of nitrogens with one attached hydrogen (secondary N) is 1. The number of para-hydroxylation sites is 1. The van der Waals surface area contributed by atoms with E-state index in [0.29, 0.717) is 5.69 Å². The van der Waals surface area contributed by atoms with Crippen molar-refractivity contribution in [2.75, 3.05) is 30.9 Å². The molecule has 0 saturated heterocycles. The summed E-state index contributed by atoms with van der Waals surface area (Å²) in [4.78, 5) is 2.07. The number of rotatable bonds is 3. The minimum Gasteiger partial charge on any atom is -0.378 e. The molecule has 2 aromatic carbocycles. The van der Waals surface area contributed by atoms with Crippen LogP contribution in [0.1, 0.15) is 18.4 Å². The highest BCUT2D eigenvalue weighted by Gasteiger charge is 2.22. The summed E-state index contributed by atoms with van der Waals surface area (Å²) in [7, 11) is 4.05. The molecule has 5 heteroatoms. The Morgan fingerprint density at radius 1 is 1.04 bits per heavy atom. The second-order valence-corrected chi connectivity index (χ2v) is 6.86. The zero-order valence-corrected chi connectivity index (χ0v) is 15.2. The zero-order valence-electron chi connectivity index (χ0n) is 15.2. The van der Waals surface area contributed by atoms with Gasteiger partial charge in [0, 0.05) is 37.5 Å². The van der Waals surface area contributed by atoms with Crippen molar-refractivity contribution in [3.63, 3.8) is 0 Å². The molecule has 26 heavy (non-hydrogen) atoms. The van der Waals surface area contributed by atoms with Gasteiger partial charge >= 0.3 is 0 Å². The van der Waals surface area contributed by atoms with Crippen LogP contribution in [0.15, 0.2) is 48.5 Å². The number of anilines is 2. The van der Waals surface area contributed by atoms with Gasteiger partial charge in [-0.25, -0.2) is 9.07 Å². The van der Waals surface area contributed by atoms with Crippen molar-refractivity contribution in [2.24, 2.45) is 0 Å². The van der Waals surface area contributed by atoms with Gasteiger partial charge in [-0.1, -0.05) is 24.3 Å². The SMILES string of the molecule is CN(C)c1ccc(-c2nn(-c3ccccc3F)c3c2CCCCN3)cc1. The Balaban J connectivity index is 1.86. The average molecular weight is 350 g/mol. The van der Waals surface area contributed by atoms with E-state index < -0.39 is 0 Å². The van der Waals surface area contributed by atoms with Gasteiger partial charge in [-0.2, -0.15) is 5.10 Å². The van der Waals surface area contributed by atoms with Gasteiger partial charge in [-0.15, -0.1) is 0 Å². The largest absolute Gasteiger partial charge is 0.378 e. The molecule has 1 aliphatic rings. The van der Waals surface area contributed by atoms with Crippen molar-refractivity contribution in [1.29, 1.82) is 0 Å². The summed E-state index contributed by atoms with van der Waals surface area (Å²) >= 11 is 0. The van der Waals surface area contributed by atoms with Gasteiger partial charge in [0.1, 0.15) is 17.3 Å². The molecule has 0 amide bonds. The third kappa shape index (κ3) is 2.94. The van der Waals surface area contributed by atoms with E-state index in [9.17, 15) is 4.39 Å². The van der Waals surface area contributed by atoms with Crippen LogP contribution in [0, 0.1) is 5.82 Å². The minimum atomic E-state index is -0.265. The Morgan fingerprint density at radius 2 is 1.81 bits per heavy atom. The molecule has 1 aromatic heterocycles. The molecule has 1 aliphatic heterocycles. The molecule has 134 valence electrons. The van der Waals surface area contributed by atoms with Crippen molar-refractivity contribution in [3.8, 4) is 16.9 Å². The van der Waals surface area contributed by atoms with Gasteiger partial charge in [-0.3, -0.25) is 0 Å². The van der Waals surface area contributed by atoms with Crippen LogP contribution in [0.2, 0.25) is 0 Å². The molecule has 0 atom stereocenters. The highest BCUT2D eigenvalue weighted by Crippen LogP contribution is 2.35. The quantitative estimate of drug-likeness (QED) is 0.755. The topological polar surface area (TPSA) is 33.1 Å². The van der Waals surface area contributed by atoms with E-state index in [1.165, 1.54) is 11.6 Å². The maximum Gasteiger partial charge on any atom is 0.148 e. The van der Waals surface area contributed by atoms with E-state index in [1.54, 1.807) is 16.8 Å². The number of benzene rings is 2. The molecule has 0 bridgehead atoms. The summed E-state index contributed by atoms with van der Waals surface area (Å²) in [6.45, 7) is 0.881. The lowest BCUT2D eigenvalue weighted by Crippen LogP contribution is -2.08. The van der Waals surface area contributed by atoms with Crippen molar-refractivity contribution in [3.05, 3.63) is 59.9 Å². The van der Waals surface area contributed by atoms with Crippen LogP contribution in [-0.4, -0.2) is 30.4 Å². The third-order valence-corrected chi connectivity index (χ3v) is 4.87. The van der Waals surface area contributed by atoms with Crippen LogP contribution in [0.5, 0.6) is 0 Å². The molecular weight excluding hydrogens is 327 g/mol. The van der Waals surface area contributed by atoms with E-state index in [-0.39, 0.29) is 5.82 Å². The van der Waals surface area contributed by atoms with Crippen LogP contribution < -0.4 is 10.2 Å². The highest BCUT2D eigenvalue weighted by atomic mass is 19.1. The van der Waals surface area contributed by atoms with E-state index in [2.05, 4.69) is 34.5 Å². The van der Waals surface area contributed by atoms with Gasteiger partial charge in [0.15, 0.2) is 0 Å². The first-order chi connectivity index (χ1) is 12.6. The number of hydrogen-bond donors (Lipinski definition) is 1. The smallest absolute Gasteiger partial charge is 0.148 e. The number of halogens is 1. The molecule has 3 aromatic rings. The Morgan fingerprint density at radius 3 is 2.54 bits per heavy atom. The molecule has 1 N–H and O–H groups in total. The summed E-state index contributed by atoms with van der Waals surface area (Å²) < 4.78 is 16.1. The lowest BCUT2D eigenvalue weighted by atomic mass is 10.0. The van der Waals surface area contributed by atoms with Gasteiger partial charge in [0.2, 0.25) is 0 Å². The Bertz CT molecular complexity index is 912. The fourth-order valence-electron chi connectivity index (χ4n) is 3.45. The first-order valence-electron chi connectivity index (χ1n) is 9.03. The molecule has 0 fully saturated rings. The molecule has 0 saturated carbocycles. The highest BCUT2D eigenvalue weighted by molar-refractivity contribution is 5.72. The van der Waals surface area contributed by atoms with Crippen LogP contribution in [0.25, 0.3) is 16.9 Å². The fourth-order valence-corrected chi connectivity index (χ4v) is 3.45. The van der Waals surface area contributed by atoms with Crippen LogP contribution in [0.3, 0.4) is 0 Å². The average Bonchev–Trinajstić information content (AvgIpc) is 2.83. The van der Waals surface area contributed by atoms with Crippen LogP contribution in [-0.2, 0) is 6.42 Å². The second-order valence-electron chi connectivity index (χ2n) is 6.86. The lowest BCUT2D eigenvalue weighted by molar-refractivity contribution is 0.611. The number of fused-ring (bicyclic) bond motifs is 1. The van der Waals surface area contributed by atoms with Crippen LogP contribution in [0.4, 0.5) is 15.9 Å². The maximum atomic E-state index is 14.4. The fraction of sp³-hybridized carbons (Fsp3) is 0.286. The predicted octanol–water partition coefficient (Wildman–Crippen LogP) is 4.49.